The first-order valence-corrected chi connectivity index (χ1v) is 7.76. The zero-order chi connectivity index (χ0) is 12.5. The molecule has 0 aliphatic heterocycles. The second kappa shape index (κ2) is 8.60. The highest BCUT2D eigenvalue weighted by molar-refractivity contribution is 7.99. The van der Waals surface area contributed by atoms with Crippen molar-refractivity contribution in [2.24, 2.45) is 0 Å². The van der Waals surface area contributed by atoms with E-state index in [1.165, 1.54) is 29.1 Å². The van der Waals surface area contributed by atoms with Gasteiger partial charge in [0.15, 0.2) is 0 Å². The molecule has 0 aliphatic rings. The highest BCUT2D eigenvalue weighted by Gasteiger charge is 2.07. The summed E-state index contributed by atoms with van der Waals surface area (Å²) < 4.78 is 0. The van der Waals surface area contributed by atoms with Crippen LogP contribution in [0.25, 0.3) is 0 Å². The minimum atomic E-state index is 0.514. The van der Waals surface area contributed by atoms with Gasteiger partial charge in [-0.2, -0.15) is 0 Å². The molecule has 0 saturated carbocycles. The van der Waals surface area contributed by atoms with Crippen LogP contribution in [0.4, 0.5) is 0 Å². The highest BCUT2D eigenvalue weighted by Crippen LogP contribution is 2.23. The minimum absolute atomic E-state index is 0.514. The van der Waals surface area contributed by atoms with Crippen LogP contribution in [0.5, 0.6) is 0 Å². The number of hydrogen-bond acceptors (Lipinski definition) is 2. The Balaban J connectivity index is 2.57. The van der Waals surface area contributed by atoms with E-state index in [9.17, 15) is 0 Å². The van der Waals surface area contributed by atoms with Crippen molar-refractivity contribution in [2.75, 3.05) is 12.3 Å². The quantitative estimate of drug-likeness (QED) is 0.676. The summed E-state index contributed by atoms with van der Waals surface area (Å²) in [7, 11) is 0. The third-order valence-corrected chi connectivity index (χ3v) is 4.02. The van der Waals surface area contributed by atoms with Crippen LogP contribution in [0.1, 0.15) is 51.6 Å². The van der Waals surface area contributed by atoms with Gasteiger partial charge in [0.25, 0.3) is 0 Å². The Bertz CT molecular complexity index is 294. The Kier molecular flexibility index (Phi) is 7.38. The zero-order valence-electron chi connectivity index (χ0n) is 11.3. The monoisotopic (exact) mass is 251 g/mol. The molecule has 0 saturated heterocycles. The average Bonchev–Trinajstić information content (AvgIpc) is 2.38. The van der Waals surface area contributed by atoms with E-state index >= 15 is 0 Å². The fourth-order valence-corrected chi connectivity index (χ4v) is 2.60. The van der Waals surface area contributed by atoms with Gasteiger partial charge in [-0.25, -0.2) is 0 Å². The molecule has 1 N–H and O–H groups in total. The number of nitrogens with one attached hydrogen (secondary N) is 1. The maximum atomic E-state index is 3.59. The van der Waals surface area contributed by atoms with E-state index in [1.807, 2.05) is 11.8 Å². The predicted molar refractivity (Wildman–Crippen MR) is 78.8 cm³/mol. The maximum absolute atomic E-state index is 3.59. The van der Waals surface area contributed by atoms with Crippen LogP contribution < -0.4 is 5.32 Å². The third-order valence-electron chi connectivity index (χ3n) is 2.80. The highest BCUT2D eigenvalue weighted by atomic mass is 32.2. The van der Waals surface area contributed by atoms with E-state index in [-0.39, 0.29) is 0 Å². The van der Waals surface area contributed by atoms with Crippen LogP contribution in [0, 0.1) is 0 Å². The summed E-state index contributed by atoms with van der Waals surface area (Å²) in [4.78, 5) is 1.39. The SMILES string of the molecule is CCCNC(CC)c1ccc(SCCC)cc1. The molecule has 0 bridgehead atoms. The molecule has 0 amide bonds. The molecule has 0 aromatic heterocycles. The van der Waals surface area contributed by atoms with Gasteiger partial charge in [-0.3, -0.25) is 0 Å². The van der Waals surface area contributed by atoms with Crippen molar-refractivity contribution in [3.8, 4) is 0 Å². The molecule has 0 radical (unpaired) electrons. The van der Waals surface area contributed by atoms with E-state index < -0.39 is 0 Å². The minimum Gasteiger partial charge on any atom is -0.310 e. The average molecular weight is 251 g/mol. The van der Waals surface area contributed by atoms with Crippen molar-refractivity contribution in [2.45, 2.75) is 51.0 Å². The van der Waals surface area contributed by atoms with E-state index in [0.717, 1.165) is 13.0 Å². The summed E-state index contributed by atoms with van der Waals surface area (Å²) in [6.45, 7) is 7.78. The van der Waals surface area contributed by atoms with Crippen molar-refractivity contribution in [1.29, 1.82) is 0 Å². The molecule has 96 valence electrons. The Hall–Kier alpha value is -0.470. The van der Waals surface area contributed by atoms with Crippen molar-refractivity contribution in [1.82, 2.24) is 5.32 Å². The Morgan fingerprint density at radius 2 is 1.76 bits per heavy atom. The topological polar surface area (TPSA) is 12.0 Å². The lowest BCUT2D eigenvalue weighted by molar-refractivity contribution is 0.518. The predicted octanol–water partition coefficient (Wildman–Crippen LogP) is 4.64. The molecular weight excluding hydrogens is 226 g/mol. The Morgan fingerprint density at radius 1 is 1.06 bits per heavy atom. The molecule has 0 fully saturated rings. The summed E-state index contributed by atoms with van der Waals surface area (Å²) in [6, 6.07) is 9.57. The van der Waals surface area contributed by atoms with Crippen LogP contribution >= 0.6 is 11.8 Å². The van der Waals surface area contributed by atoms with Gasteiger partial charge in [0.05, 0.1) is 0 Å². The molecule has 1 nitrogen and oxygen atoms in total. The summed E-state index contributed by atoms with van der Waals surface area (Å²) in [5.74, 6) is 1.21. The first-order chi connectivity index (χ1) is 8.31. The van der Waals surface area contributed by atoms with Crippen LogP contribution in [0.15, 0.2) is 29.2 Å². The fraction of sp³-hybridized carbons (Fsp3) is 0.600. The van der Waals surface area contributed by atoms with Crippen LogP contribution in [0.3, 0.4) is 0 Å². The molecule has 1 rings (SSSR count). The number of benzene rings is 1. The Morgan fingerprint density at radius 3 is 2.29 bits per heavy atom. The fourth-order valence-electron chi connectivity index (χ4n) is 1.83. The van der Waals surface area contributed by atoms with Crippen molar-refractivity contribution in [3.05, 3.63) is 29.8 Å². The normalized spacial score (nSPS) is 12.6. The Labute approximate surface area is 110 Å². The summed E-state index contributed by atoms with van der Waals surface area (Å²) in [5, 5.41) is 3.59. The lowest BCUT2D eigenvalue weighted by atomic mass is 10.0. The van der Waals surface area contributed by atoms with Gasteiger partial charge < -0.3 is 5.32 Å². The largest absolute Gasteiger partial charge is 0.310 e. The van der Waals surface area contributed by atoms with Crippen LogP contribution in [-0.2, 0) is 0 Å². The number of thioether (sulfide) groups is 1. The zero-order valence-corrected chi connectivity index (χ0v) is 12.1. The van der Waals surface area contributed by atoms with Crippen LogP contribution in [0.2, 0.25) is 0 Å². The van der Waals surface area contributed by atoms with Gasteiger partial charge in [-0.15, -0.1) is 11.8 Å². The third kappa shape index (κ3) is 5.13. The van der Waals surface area contributed by atoms with Gasteiger partial charge >= 0.3 is 0 Å². The molecule has 2 heteroatoms. The lowest BCUT2D eigenvalue weighted by Gasteiger charge is -2.17. The first kappa shape index (κ1) is 14.6. The smallest absolute Gasteiger partial charge is 0.0317 e. The van der Waals surface area contributed by atoms with Gasteiger partial charge in [0, 0.05) is 10.9 Å². The summed E-state index contributed by atoms with van der Waals surface area (Å²) in [6.07, 6.45) is 3.59. The maximum Gasteiger partial charge on any atom is 0.0317 e. The standard InChI is InChI=1S/C15H25NS/c1-4-11-16-15(6-3)13-7-9-14(10-8-13)17-12-5-2/h7-10,15-16H,4-6,11-12H2,1-3H3. The van der Waals surface area contributed by atoms with E-state index in [2.05, 4.69) is 50.4 Å². The molecule has 0 heterocycles. The molecule has 0 aliphatic carbocycles. The van der Waals surface area contributed by atoms with Crippen molar-refractivity contribution in [3.63, 3.8) is 0 Å². The molecule has 0 spiro atoms. The van der Waals surface area contributed by atoms with Gasteiger partial charge in [-0.1, -0.05) is 32.9 Å². The number of rotatable bonds is 8. The summed E-state index contributed by atoms with van der Waals surface area (Å²) >= 11 is 1.95. The van der Waals surface area contributed by atoms with E-state index in [1.54, 1.807) is 0 Å². The van der Waals surface area contributed by atoms with Crippen molar-refractivity contribution < 1.29 is 0 Å². The van der Waals surface area contributed by atoms with E-state index in [4.69, 9.17) is 0 Å². The molecular formula is C15H25NS. The van der Waals surface area contributed by atoms with E-state index in [0.29, 0.717) is 6.04 Å². The first-order valence-electron chi connectivity index (χ1n) is 6.77. The number of hydrogen-bond donors (Lipinski definition) is 1. The molecule has 1 atom stereocenters. The lowest BCUT2D eigenvalue weighted by Crippen LogP contribution is -2.21. The molecule has 1 aromatic carbocycles. The van der Waals surface area contributed by atoms with Gasteiger partial charge in [0.2, 0.25) is 0 Å². The molecule has 1 unspecified atom stereocenters. The van der Waals surface area contributed by atoms with Crippen molar-refractivity contribution >= 4 is 11.8 Å². The van der Waals surface area contributed by atoms with Gasteiger partial charge in [-0.05, 0) is 49.3 Å². The van der Waals surface area contributed by atoms with Crippen LogP contribution in [-0.4, -0.2) is 12.3 Å². The molecule has 1 aromatic rings. The van der Waals surface area contributed by atoms with Gasteiger partial charge in [0.1, 0.15) is 0 Å². The summed E-state index contributed by atoms with van der Waals surface area (Å²) in [5.41, 5.74) is 1.42. The second-order valence-corrected chi connectivity index (χ2v) is 5.50. The molecule has 17 heavy (non-hydrogen) atoms. The second-order valence-electron chi connectivity index (χ2n) is 4.33.